The molecule has 0 unspecified atom stereocenters. The van der Waals surface area contributed by atoms with Crippen molar-refractivity contribution >= 4 is 5.69 Å². The fraction of sp³-hybridized carbons (Fsp3) is 0.583. The molecule has 0 radical (unpaired) electrons. The first-order valence-electron chi connectivity index (χ1n) is 10.9. The maximum Gasteiger partial charge on any atom is 0.0857 e. The molecule has 0 amide bonds. The fourth-order valence-electron chi connectivity index (χ4n) is 3.29. The maximum atomic E-state index is 4.49. The predicted molar refractivity (Wildman–Crippen MR) is 116 cm³/mol. The van der Waals surface area contributed by atoms with E-state index in [4.69, 9.17) is 0 Å². The van der Waals surface area contributed by atoms with Gasteiger partial charge >= 0.3 is 0 Å². The molecule has 0 saturated carbocycles. The molecular weight excluding hydrogens is 330 g/mol. The van der Waals surface area contributed by atoms with E-state index in [1.807, 2.05) is 0 Å². The largest absolute Gasteiger partial charge is 0.375 e. The van der Waals surface area contributed by atoms with Crippen LogP contribution in [-0.2, 0) is 6.42 Å². The van der Waals surface area contributed by atoms with Gasteiger partial charge in [-0.15, -0.1) is 0 Å². The van der Waals surface area contributed by atoms with Crippen LogP contribution in [0.3, 0.4) is 0 Å². The Morgan fingerprint density at radius 3 is 2.00 bits per heavy atom. The number of benzene rings is 1. The fourth-order valence-corrected chi connectivity index (χ4v) is 3.29. The average Bonchev–Trinajstić information content (AvgIpc) is 2.72. The molecule has 27 heavy (non-hydrogen) atoms. The monoisotopic (exact) mass is 367 g/mol. The van der Waals surface area contributed by atoms with Crippen LogP contribution in [-0.4, -0.2) is 18.0 Å². The zero-order valence-corrected chi connectivity index (χ0v) is 17.6. The molecule has 0 saturated heterocycles. The van der Waals surface area contributed by atoms with E-state index >= 15 is 0 Å². The van der Waals surface area contributed by atoms with Crippen LogP contribution in [0.4, 0.5) is 5.69 Å². The summed E-state index contributed by atoms with van der Waals surface area (Å²) in [6.45, 7) is 9.12. The van der Waals surface area contributed by atoms with Crippen LogP contribution in [0.1, 0.15) is 77.7 Å². The Balaban J connectivity index is 1.94. The standard InChI is InChI=1S/C24H37N3/c1-4-7-10-21-11-13-22(14-12-21)25-26-23-15-17-24(18-16-23)27(19-8-5-2)20-9-6-3/h11-15,17H,4-10,16,18-20H2,1-3H3. The summed E-state index contributed by atoms with van der Waals surface area (Å²) in [7, 11) is 0. The first-order chi connectivity index (χ1) is 13.3. The highest BCUT2D eigenvalue weighted by molar-refractivity contribution is 5.38. The Morgan fingerprint density at radius 1 is 0.778 bits per heavy atom. The predicted octanol–water partition coefficient (Wildman–Crippen LogP) is 7.58. The minimum atomic E-state index is 0.943. The van der Waals surface area contributed by atoms with Crippen LogP contribution in [0.15, 0.2) is 58.0 Å². The average molecular weight is 368 g/mol. The number of aryl methyl sites for hydroxylation is 1. The Hall–Kier alpha value is -1.90. The summed E-state index contributed by atoms with van der Waals surface area (Å²) in [5.41, 5.74) is 4.88. The van der Waals surface area contributed by atoms with Crippen LogP contribution < -0.4 is 0 Å². The van der Waals surface area contributed by atoms with E-state index in [-0.39, 0.29) is 0 Å². The Labute approximate surface area is 166 Å². The van der Waals surface area contributed by atoms with Crippen LogP contribution in [0.2, 0.25) is 0 Å². The minimum Gasteiger partial charge on any atom is -0.375 e. The zero-order chi connectivity index (χ0) is 19.3. The number of allylic oxidation sites excluding steroid dienone is 4. The summed E-state index contributed by atoms with van der Waals surface area (Å²) in [5.74, 6) is 0. The molecule has 1 aliphatic carbocycles. The van der Waals surface area contributed by atoms with E-state index in [0.717, 1.165) is 30.6 Å². The van der Waals surface area contributed by atoms with Crippen molar-refractivity contribution in [1.82, 2.24) is 4.90 Å². The van der Waals surface area contributed by atoms with Crippen molar-refractivity contribution < 1.29 is 0 Å². The van der Waals surface area contributed by atoms with E-state index in [1.165, 1.54) is 62.9 Å². The van der Waals surface area contributed by atoms with E-state index < -0.39 is 0 Å². The lowest BCUT2D eigenvalue weighted by atomic mass is 10.1. The normalized spacial score (nSPS) is 14.3. The molecule has 0 spiro atoms. The number of unbranched alkanes of at least 4 members (excludes halogenated alkanes) is 3. The van der Waals surface area contributed by atoms with E-state index in [0.29, 0.717) is 0 Å². The third-order valence-electron chi connectivity index (χ3n) is 5.12. The van der Waals surface area contributed by atoms with E-state index in [1.54, 1.807) is 0 Å². The SMILES string of the molecule is CCCCc1ccc(N=NC2=CC=C(N(CCCC)CCCC)CC2)cc1. The summed E-state index contributed by atoms with van der Waals surface area (Å²) in [5, 5.41) is 8.92. The van der Waals surface area contributed by atoms with Gasteiger partial charge in [0.1, 0.15) is 0 Å². The summed E-state index contributed by atoms with van der Waals surface area (Å²) in [4.78, 5) is 2.58. The molecular formula is C24H37N3. The van der Waals surface area contributed by atoms with Gasteiger partial charge in [-0.25, -0.2) is 0 Å². The molecule has 3 heteroatoms. The van der Waals surface area contributed by atoms with Crippen LogP contribution in [0.25, 0.3) is 0 Å². The lowest BCUT2D eigenvalue weighted by Gasteiger charge is -2.29. The second kappa shape index (κ2) is 12.5. The van der Waals surface area contributed by atoms with Crippen molar-refractivity contribution in [3.8, 4) is 0 Å². The summed E-state index contributed by atoms with van der Waals surface area (Å²) in [6, 6.07) is 8.51. The topological polar surface area (TPSA) is 28.0 Å². The molecule has 0 bridgehead atoms. The highest BCUT2D eigenvalue weighted by Gasteiger charge is 2.12. The Bertz CT molecular complexity index is 618. The van der Waals surface area contributed by atoms with E-state index in [9.17, 15) is 0 Å². The molecule has 1 aliphatic rings. The van der Waals surface area contributed by atoms with Crippen LogP contribution in [0.5, 0.6) is 0 Å². The summed E-state index contributed by atoms with van der Waals surface area (Å²) >= 11 is 0. The minimum absolute atomic E-state index is 0.943. The lowest BCUT2D eigenvalue weighted by molar-refractivity contribution is 0.319. The quantitative estimate of drug-likeness (QED) is 0.350. The number of nitrogens with zero attached hydrogens (tertiary/aromatic N) is 3. The summed E-state index contributed by atoms with van der Waals surface area (Å²) < 4.78 is 0. The molecule has 0 heterocycles. The molecule has 3 nitrogen and oxygen atoms in total. The van der Waals surface area contributed by atoms with Gasteiger partial charge < -0.3 is 4.90 Å². The molecule has 2 rings (SSSR count). The van der Waals surface area contributed by atoms with Gasteiger partial charge in [0.05, 0.1) is 11.4 Å². The van der Waals surface area contributed by atoms with E-state index in [2.05, 4.69) is 72.3 Å². The van der Waals surface area contributed by atoms with Gasteiger partial charge in [0.2, 0.25) is 0 Å². The van der Waals surface area contributed by atoms with Crippen molar-refractivity contribution in [2.24, 2.45) is 10.2 Å². The van der Waals surface area contributed by atoms with Crippen molar-refractivity contribution in [3.05, 3.63) is 53.4 Å². The molecule has 1 aromatic rings. The highest BCUT2D eigenvalue weighted by Crippen LogP contribution is 2.25. The van der Waals surface area contributed by atoms with Crippen LogP contribution in [0, 0.1) is 0 Å². The first kappa shape index (κ1) is 21.4. The first-order valence-corrected chi connectivity index (χ1v) is 10.9. The van der Waals surface area contributed by atoms with Gasteiger partial charge in [0.25, 0.3) is 0 Å². The molecule has 0 aliphatic heterocycles. The van der Waals surface area contributed by atoms with Crippen molar-refractivity contribution in [2.45, 2.75) is 78.6 Å². The molecule has 148 valence electrons. The third kappa shape index (κ3) is 7.70. The van der Waals surface area contributed by atoms with Crippen LogP contribution >= 0.6 is 0 Å². The lowest BCUT2D eigenvalue weighted by Crippen LogP contribution is -2.26. The van der Waals surface area contributed by atoms with Gasteiger partial charge in [0, 0.05) is 18.8 Å². The van der Waals surface area contributed by atoms with Gasteiger partial charge in [0.15, 0.2) is 0 Å². The molecule has 0 atom stereocenters. The highest BCUT2D eigenvalue weighted by atomic mass is 15.1. The van der Waals surface area contributed by atoms with Crippen molar-refractivity contribution in [3.63, 3.8) is 0 Å². The molecule has 0 N–H and O–H groups in total. The Morgan fingerprint density at radius 2 is 1.44 bits per heavy atom. The number of rotatable bonds is 12. The number of azo groups is 1. The molecule has 0 fully saturated rings. The molecule has 0 aromatic heterocycles. The van der Waals surface area contributed by atoms with Gasteiger partial charge in [-0.05, 0) is 68.4 Å². The molecule has 1 aromatic carbocycles. The van der Waals surface area contributed by atoms with Gasteiger partial charge in [-0.3, -0.25) is 0 Å². The maximum absolute atomic E-state index is 4.49. The second-order valence-corrected chi connectivity index (χ2v) is 7.48. The van der Waals surface area contributed by atoms with Gasteiger partial charge in [-0.1, -0.05) is 52.2 Å². The second-order valence-electron chi connectivity index (χ2n) is 7.48. The van der Waals surface area contributed by atoms with Crippen molar-refractivity contribution in [1.29, 1.82) is 0 Å². The number of hydrogen-bond donors (Lipinski definition) is 0. The third-order valence-corrected chi connectivity index (χ3v) is 5.12. The van der Waals surface area contributed by atoms with Gasteiger partial charge in [-0.2, -0.15) is 10.2 Å². The summed E-state index contributed by atoms with van der Waals surface area (Å²) in [6.07, 6.45) is 15.2. The Kier molecular flexibility index (Phi) is 9.89. The van der Waals surface area contributed by atoms with Crippen molar-refractivity contribution in [2.75, 3.05) is 13.1 Å². The zero-order valence-electron chi connectivity index (χ0n) is 17.6. The number of hydrogen-bond acceptors (Lipinski definition) is 3. The smallest absolute Gasteiger partial charge is 0.0857 e.